The van der Waals surface area contributed by atoms with Gasteiger partial charge >= 0.3 is 0 Å². The maximum Gasteiger partial charge on any atom is 0.251 e. The van der Waals surface area contributed by atoms with Crippen LogP contribution in [0.1, 0.15) is 76.2 Å². The molecule has 3 atom stereocenters. The predicted octanol–water partition coefficient (Wildman–Crippen LogP) is 3.33. The molecule has 0 bridgehead atoms. The maximum absolute atomic E-state index is 12.6. The van der Waals surface area contributed by atoms with Crippen LogP contribution in [0, 0.1) is 17.2 Å². The Morgan fingerprint density at radius 2 is 1.97 bits per heavy atom. The number of carbonyl (C=O) groups is 2. The second-order valence-electron chi connectivity index (χ2n) is 10.2. The zero-order chi connectivity index (χ0) is 24.1. The van der Waals surface area contributed by atoms with Crippen LogP contribution in [-0.2, 0) is 10.2 Å². The molecule has 0 saturated heterocycles. The highest BCUT2D eigenvalue weighted by Gasteiger charge is 2.33. The number of amides is 2. The van der Waals surface area contributed by atoms with Crippen molar-refractivity contribution in [2.45, 2.75) is 83.8 Å². The van der Waals surface area contributed by atoms with Crippen molar-refractivity contribution >= 4 is 11.8 Å². The van der Waals surface area contributed by atoms with Crippen molar-refractivity contribution in [3.05, 3.63) is 29.3 Å². The fourth-order valence-corrected chi connectivity index (χ4v) is 4.36. The Hall–Kier alpha value is -2.59. The summed E-state index contributed by atoms with van der Waals surface area (Å²) < 4.78 is 0. The van der Waals surface area contributed by atoms with Crippen LogP contribution in [-0.4, -0.2) is 53.5 Å². The Balaban J connectivity index is 1.95. The molecular formula is C25H38N4O3. The molecule has 0 heterocycles. The molecule has 3 N–H and O–H groups in total. The van der Waals surface area contributed by atoms with Crippen LogP contribution >= 0.6 is 0 Å². The number of hydrogen-bond donors (Lipinski definition) is 3. The summed E-state index contributed by atoms with van der Waals surface area (Å²) in [6.07, 6.45) is 3.07. The van der Waals surface area contributed by atoms with Crippen LogP contribution in [0.25, 0.3) is 0 Å². The molecule has 2 amide bonds. The van der Waals surface area contributed by atoms with Crippen molar-refractivity contribution in [1.29, 1.82) is 5.26 Å². The highest BCUT2D eigenvalue weighted by molar-refractivity contribution is 5.96. The molecule has 176 valence electrons. The molecule has 7 heteroatoms. The van der Waals surface area contributed by atoms with Crippen molar-refractivity contribution in [2.24, 2.45) is 5.92 Å². The van der Waals surface area contributed by atoms with Gasteiger partial charge in [0.1, 0.15) is 5.75 Å². The summed E-state index contributed by atoms with van der Waals surface area (Å²) >= 11 is 0. The van der Waals surface area contributed by atoms with Gasteiger partial charge in [0.15, 0.2) is 0 Å². The Kier molecular flexibility index (Phi) is 8.68. The molecule has 0 spiro atoms. The zero-order valence-electron chi connectivity index (χ0n) is 20.2. The van der Waals surface area contributed by atoms with Crippen LogP contribution in [0.4, 0.5) is 0 Å². The fourth-order valence-electron chi connectivity index (χ4n) is 4.36. The second-order valence-corrected chi connectivity index (χ2v) is 10.2. The minimum absolute atomic E-state index is 0.0583. The van der Waals surface area contributed by atoms with Gasteiger partial charge in [0, 0.05) is 35.7 Å². The first-order valence-electron chi connectivity index (χ1n) is 11.4. The molecule has 0 radical (unpaired) electrons. The van der Waals surface area contributed by atoms with Gasteiger partial charge < -0.3 is 20.6 Å². The molecule has 0 aromatic heterocycles. The smallest absolute Gasteiger partial charge is 0.251 e. The summed E-state index contributed by atoms with van der Waals surface area (Å²) in [5, 5.41) is 25.0. The highest BCUT2D eigenvalue weighted by Crippen LogP contribution is 2.32. The SMILES string of the molecule is CC(C)N(C)[C@@H]1CC[C@H](NC(=O)CNC(=O)c2ccc(O)c(C(C)(C)C)c2)[C@H](CC#N)C1. The first-order valence-corrected chi connectivity index (χ1v) is 11.4. The predicted molar refractivity (Wildman–Crippen MR) is 125 cm³/mol. The lowest BCUT2D eigenvalue weighted by Crippen LogP contribution is -2.51. The maximum atomic E-state index is 12.6. The van der Waals surface area contributed by atoms with E-state index in [9.17, 15) is 20.0 Å². The van der Waals surface area contributed by atoms with E-state index in [1.807, 2.05) is 20.8 Å². The molecule has 1 fully saturated rings. The van der Waals surface area contributed by atoms with Gasteiger partial charge in [0.25, 0.3) is 5.91 Å². The molecule has 1 saturated carbocycles. The quantitative estimate of drug-likeness (QED) is 0.601. The number of aromatic hydroxyl groups is 1. The highest BCUT2D eigenvalue weighted by atomic mass is 16.3. The lowest BCUT2D eigenvalue weighted by molar-refractivity contribution is -0.121. The Bertz CT molecular complexity index is 854. The van der Waals surface area contributed by atoms with Crippen LogP contribution in [0.3, 0.4) is 0 Å². The van der Waals surface area contributed by atoms with Gasteiger partial charge in [0.2, 0.25) is 5.91 Å². The summed E-state index contributed by atoms with van der Waals surface area (Å²) in [6.45, 7) is 10.1. The van der Waals surface area contributed by atoms with Crippen LogP contribution in [0.2, 0.25) is 0 Å². The van der Waals surface area contributed by atoms with E-state index >= 15 is 0 Å². The molecule has 0 aliphatic heterocycles. The van der Waals surface area contributed by atoms with E-state index in [0.717, 1.165) is 19.3 Å². The Morgan fingerprint density at radius 3 is 2.56 bits per heavy atom. The molecule has 2 rings (SSSR count). The third-order valence-electron chi connectivity index (χ3n) is 6.52. The molecule has 1 aromatic rings. The van der Waals surface area contributed by atoms with Crippen LogP contribution in [0.15, 0.2) is 18.2 Å². The summed E-state index contributed by atoms with van der Waals surface area (Å²) in [4.78, 5) is 27.4. The van der Waals surface area contributed by atoms with E-state index in [0.29, 0.717) is 29.6 Å². The van der Waals surface area contributed by atoms with E-state index in [1.54, 1.807) is 12.1 Å². The van der Waals surface area contributed by atoms with Crippen molar-refractivity contribution in [2.75, 3.05) is 13.6 Å². The topological polar surface area (TPSA) is 105 Å². The number of nitrogens with one attached hydrogen (secondary N) is 2. The summed E-state index contributed by atoms with van der Waals surface area (Å²) in [5.74, 6) is -0.363. The average Bonchev–Trinajstić information content (AvgIpc) is 2.72. The molecule has 1 aliphatic carbocycles. The Labute approximate surface area is 192 Å². The number of rotatable bonds is 7. The summed E-state index contributed by atoms with van der Waals surface area (Å²) in [5.41, 5.74) is 0.771. The molecule has 0 unspecified atom stereocenters. The molecular weight excluding hydrogens is 404 g/mol. The largest absolute Gasteiger partial charge is 0.508 e. The molecule has 7 nitrogen and oxygen atoms in total. The van der Waals surface area contributed by atoms with Gasteiger partial charge in [-0.25, -0.2) is 0 Å². The number of carbonyl (C=O) groups excluding carboxylic acids is 2. The van der Waals surface area contributed by atoms with Gasteiger partial charge in [-0.1, -0.05) is 20.8 Å². The zero-order valence-corrected chi connectivity index (χ0v) is 20.2. The van der Waals surface area contributed by atoms with E-state index in [1.165, 1.54) is 6.07 Å². The molecule has 32 heavy (non-hydrogen) atoms. The molecule has 1 aliphatic rings. The van der Waals surface area contributed by atoms with E-state index in [2.05, 4.69) is 42.5 Å². The normalized spacial score (nSPS) is 21.3. The standard InChI is InChI=1S/C25H38N4O3/c1-16(2)29(6)19-8-9-21(17(13-19)11-12-26)28-23(31)15-27-24(32)18-7-10-22(30)20(14-18)25(3,4)5/h7,10,14,16-17,19,21,30H,8-9,11,13,15H2,1-6H3,(H,27,32)(H,28,31)/t17-,19-,21+/m1/s1. The van der Waals surface area contributed by atoms with Crippen LogP contribution < -0.4 is 10.6 Å². The minimum Gasteiger partial charge on any atom is -0.508 e. The van der Waals surface area contributed by atoms with Crippen molar-refractivity contribution in [3.63, 3.8) is 0 Å². The van der Waals surface area contributed by atoms with Gasteiger partial charge in [-0.2, -0.15) is 5.26 Å². The Morgan fingerprint density at radius 1 is 1.28 bits per heavy atom. The number of nitrogens with zero attached hydrogens (tertiary/aromatic N) is 2. The number of benzene rings is 1. The number of nitriles is 1. The second kappa shape index (κ2) is 10.8. The first kappa shape index (κ1) is 25.7. The first-order chi connectivity index (χ1) is 14.9. The van der Waals surface area contributed by atoms with E-state index < -0.39 is 0 Å². The third-order valence-corrected chi connectivity index (χ3v) is 6.52. The number of hydrogen-bond acceptors (Lipinski definition) is 5. The minimum atomic E-state index is -0.360. The monoisotopic (exact) mass is 442 g/mol. The van der Waals surface area contributed by atoms with Gasteiger partial charge in [-0.3, -0.25) is 9.59 Å². The lowest BCUT2D eigenvalue weighted by Gasteiger charge is -2.41. The lowest BCUT2D eigenvalue weighted by atomic mass is 9.79. The number of phenols is 1. The van der Waals surface area contributed by atoms with Crippen LogP contribution in [0.5, 0.6) is 5.75 Å². The van der Waals surface area contributed by atoms with Crippen molar-refractivity contribution < 1.29 is 14.7 Å². The van der Waals surface area contributed by atoms with E-state index in [-0.39, 0.29) is 41.5 Å². The van der Waals surface area contributed by atoms with Gasteiger partial charge in [-0.05, 0) is 69.7 Å². The van der Waals surface area contributed by atoms with Crippen molar-refractivity contribution in [3.8, 4) is 11.8 Å². The number of phenolic OH excluding ortho intramolecular Hbond substituents is 1. The van der Waals surface area contributed by atoms with E-state index in [4.69, 9.17) is 0 Å². The summed E-state index contributed by atoms with van der Waals surface area (Å²) in [7, 11) is 2.11. The third kappa shape index (κ3) is 6.70. The average molecular weight is 443 g/mol. The van der Waals surface area contributed by atoms with Gasteiger partial charge in [-0.15, -0.1) is 0 Å². The van der Waals surface area contributed by atoms with Gasteiger partial charge in [0.05, 0.1) is 12.6 Å². The van der Waals surface area contributed by atoms with Crippen molar-refractivity contribution in [1.82, 2.24) is 15.5 Å². The fraction of sp³-hybridized carbons (Fsp3) is 0.640. The summed E-state index contributed by atoms with van der Waals surface area (Å²) in [6, 6.07) is 7.77. The molecule has 1 aromatic carbocycles.